The molecule has 3 heterocycles. The topological polar surface area (TPSA) is 70.9 Å². The maximum absolute atomic E-state index is 12.5. The second-order valence-corrected chi connectivity index (χ2v) is 6.03. The van der Waals surface area contributed by atoms with Crippen molar-refractivity contribution in [3.63, 3.8) is 0 Å². The number of hydrogen-bond donors (Lipinski definition) is 2. The summed E-state index contributed by atoms with van der Waals surface area (Å²) < 4.78 is 1.51. The highest BCUT2D eigenvalue weighted by Crippen LogP contribution is 2.25. The van der Waals surface area contributed by atoms with Gasteiger partial charge in [-0.05, 0) is 31.2 Å². The van der Waals surface area contributed by atoms with Gasteiger partial charge in [-0.15, -0.1) is 11.3 Å². The number of aryl methyl sites for hydroxylation is 1. The van der Waals surface area contributed by atoms with E-state index in [1.807, 2.05) is 18.4 Å². The van der Waals surface area contributed by atoms with E-state index in [4.69, 9.17) is 0 Å². The summed E-state index contributed by atoms with van der Waals surface area (Å²) in [5.74, 6) is 0.150. The molecule has 0 fully saturated rings. The predicted octanol–water partition coefficient (Wildman–Crippen LogP) is 2.94. The highest BCUT2D eigenvalue weighted by Gasteiger charge is 2.13. The van der Waals surface area contributed by atoms with Crippen LogP contribution in [0.15, 0.2) is 40.6 Å². The van der Waals surface area contributed by atoms with Crippen LogP contribution in [0.25, 0.3) is 27.5 Å². The van der Waals surface area contributed by atoms with E-state index >= 15 is 0 Å². The van der Waals surface area contributed by atoms with E-state index in [0.29, 0.717) is 10.9 Å². The number of phenols is 1. The van der Waals surface area contributed by atoms with Crippen molar-refractivity contribution in [2.24, 2.45) is 0 Å². The number of benzene rings is 1. The molecule has 3 aromatic heterocycles. The number of aromatic hydroxyl groups is 1. The van der Waals surface area contributed by atoms with E-state index in [1.165, 1.54) is 4.68 Å². The summed E-state index contributed by atoms with van der Waals surface area (Å²) >= 11 is 1.59. The summed E-state index contributed by atoms with van der Waals surface area (Å²) in [7, 11) is 0. The van der Waals surface area contributed by atoms with E-state index in [9.17, 15) is 9.90 Å². The second kappa shape index (κ2) is 4.20. The molecule has 0 atom stereocenters. The van der Waals surface area contributed by atoms with Gasteiger partial charge in [0, 0.05) is 21.8 Å². The monoisotopic (exact) mass is 297 g/mol. The Balaban J connectivity index is 2.12. The van der Waals surface area contributed by atoms with Crippen molar-refractivity contribution in [2.75, 3.05) is 0 Å². The molecule has 0 radical (unpaired) electrons. The molecule has 4 aromatic rings. The Hall–Kier alpha value is -2.60. The zero-order chi connectivity index (χ0) is 14.6. The maximum Gasteiger partial charge on any atom is 0.280 e. The van der Waals surface area contributed by atoms with Crippen molar-refractivity contribution < 1.29 is 5.11 Å². The van der Waals surface area contributed by atoms with Crippen molar-refractivity contribution in [3.05, 3.63) is 51.1 Å². The lowest BCUT2D eigenvalue weighted by atomic mass is 10.1. The number of phenolic OH excluding ortho intramolecular Hbond substituents is 1. The fourth-order valence-corrected chi connectivity index (χ4v) is 3.14. The van der Waals surface area contributed by atoms with Gasteiger partial charge in [0.25, 0.3) is 5.56 Å². The van der Waals surface area contributed by atoms with Crippen LogP contribution in [0.5, 0.6) is 5.75 Å². The van der Waals surface area contributed by atoms with Gasteiger partial charge in [-0.2, -0.15) is 0 Å². The van der Waals surface area contributed by atoms with E-state index in [2.05, 4.69) is 10.1 Å². The molecular weight excluding hydrogens is 286 g/mol. The van der Waals surface area contributed by atoms with Crippen LogP contribution in [0, 0.1) is 6.92 Å². The van der Waals surface area contributed by atoms with Gasteiger partial charge in [-0.1, -0.05) is 0 Å². The smallest absolute Gasteiger partial charge is 0.280 e. The molecule has 0 aliphatic rings. The Morgan fingerprint density at radius 3 is 2.90 bits per heavy atom. The van der Waals surface area contributed by atoms with Gasteiger partial charge in [0.05, 0.1) is 22.1 Å². The summed E-state index contributed by atoms with van der Waals surface area (Å²) in [6.07, 6.45) is 1.57. The summed E-state index contributed by atoms with van der Waals surface area (Å²) in [6, 6.07) is 6.88. The first-order chi connectivity index (χ1) is 10.1. The fourth-order valence-electron chi connectivity index (χ4n) is 2.47. The van der Waals surface area contributed by atoms with Crippen LogP contribution in [-0.4, -0.2) is 19.9 Å². The SMILES string of the molecule is Cc1cc(-n2[nH]c3c(cnc4ccc(O)cc43)c2=O)cs1. The number of aromatic amines is 1. The van der Waals surface area contributed by atoms with Crippen LogP contribution in [0.3, 0.4) is 0 Å². The first-order valence-corrected chi connectivity index (χ1v) is 7.29. The zero-order valence-corrected chi connectivity index (χ0v) is 11.9. The quantitative estimate of drug-likeness (QED) is 0.567. The third-order valence-electron chi connectivity index (χ3n) is 3.48. The molecule has 5 nitrogen and oxygen atoms in total. The summed E-state index contributed by atoms with van der Waals surface area (Å²) in [5, 5.41) is 16.0. The molecule has 0 bridgehead atoms. The Morgan fingerprint density at radius 1 is 1.29 bits per heavy atom. The average molecular weight is 297 g/mol. The van der Waals surface area contributed by atoms with Gasteiger partial charge in [0.15, 0.2) is 0 Å². The standard InChI is InChI=1S/C15H11N3O2S/c1-8-4-9(7-21-8)18-15(20)12-6-16-13-3-2-10(19)5-11(13)14(12)17-18/h2-7,17,19H,1H3. The highest BCUT2D eigenvalue weighted by molar-refractivity contribution is 7.10. The number of nitrogens with one attached hydrogen (secondary N) is 1. The molecule has 0 unspecified atom stereocenters. The van der Waals surface area contributed by atoms with Gasteiger partial charge in [-0.3, -0.25) is 14.9 Å². The van der Waals surface area contributed by atoms with Crippen LogP contribution in [-0.2, 0) is 0 Å². The molecule has 0 spiro atoms. The number of nitrogens with zero attached hydrogens (tertiary/aromatic N) is 2. The Labute approximate surface area is 123 Å². The van der Waals surface area contributed by atoms with Crippen molar-refractivity contribution in [1.29, 1.82) is 0 Å². The molecule has 2 N–H and O–H groups in total. The minimum Gasteiger partial charge on any atom is -0.508 e. The van der Waals surface area contributed by atoms with Crippen LogP contribution in [0.1, 0.15) is 4.88 Å². The number of fused-ring (bicyclic) bond motifs is 3. The second-order valence-electron chi connectivity index (χ2n) is 4.92. The number of thiophene rings is 1. The predicted molar refractivity (Wildman–Crippen MR) is 83.5 cm³/mol. The lowest BCUT2D eigenvalue weighted by Crippen LogP contribution is -2.13. The van der Waals surface area contributed by atoms with Crippen LogP contribution in [0.4, 0.5) is 0 Å². The molecule has 4 rings (SSSR count). The Morgan fingerprint density at radius 2 is 2.14 bits per heavy atom. The lowest BCUT2D eigenvalue weighted by Gasteiger charge is -1.99. The number of rotatable bonds is 1. The van der Waals surface area contributed by atoms with Crippen molar-refractivity contribution >= 4 is 33.1 Å². The summed E-state index contributed by atoms with van der Waals surface area (Å²) in [5.41, 5.74) is 2.09. The molecule has 6 heteroatoms. The molecular formula is C15H11N3O2S. The van der Waals surface area contributed by atoms with Crippen LogP contribution < -0.4 is 5.56 Å². The third kappa shape index (κ3) is 1.76. The number of aromatic nitrogens is 3. The minimum absolute atomic E-state index is 0.138. The van der Waals surface area contributed by atoms with Gasteiger partial charge in [-0.25, -0.2) is 4.68 Å². The molecule has 0 aliphatic carbocycles. The van der Waals surface area contributed by atoms with E-state index in [0.717, 1.165) is 21.5 Å². The van der Waals surface area contributed by atoms with Gasteiger partial charge >= 0.3 is 0 Å². The molecule has 1 aromatic carbocycles. The molecule has 0 saturated carbocycles. The largest absolute Gasteiger partial charge is 0.508 e. The van der Waals surface area contributed by atoms with E-state index < -0.39 is 0 Å². The Kier molecular flexibility index (Phi) is 2.43. The third-order valence-corrected chi connectivity index (χ3v) is 4.33. The lowest BCUT2D eigenvalue weighted by molar-refractivity contribution is 0.476. The van der Waals surface area contributed by atoms with Gasteiger partial charge in [0.2, 0.25) is 0 Å². The normalized spacial score (nSPS) is 11.5. The first kappa shape index (κ1) is 12.2. The van der Waals surface area contributed by atoms with E-state index in [1.54, 1.807) is 35.7 Å². The molecule has 0 saturated heterocycles. The van der Waals surface area contributed by atoms with Gasteiger partial charge in [0.1, 0.15) is 5.75 Å². The van der Waals surface area contributed by atoms with Crippen molar-refractivity contribution in [2.45, 2.75) is 6.92 Å². The van der Waals surface area contributed by atoms with E-state index in [-0.39, 0.29) is 11.3 Å². The molecule has 0 amide bonds. The molecule has 0 aliphatic heterocycles. The molecule has 104 valence electrons. The number of pyridine rings is 1. The van der Waals surface area contributed by atoms with Gasteiger partial charge < -0.3 is 5.11 Å². The summed E-state index contributed by atoms with van der Waals surface area (Å²) in [6.45, 7) is 2.00. The minimum atomic E-state index is -0.138. The zero-order valence-electron chi connectivity index (χ0n) is 11.1. The Bertz CT molecular complexity index is 1040. The highest BCUT2D eigenvalue weighted by atomic mass is 32.1. The van der Waals surface area contributed by atoms with Crippen molar-refractivity contribution in [1.82, 2.24) is 14.8 Å². The van der Waals surface area contributed by atoms with Crippen molar-refractivity contribution in [3.8, 4) is 11.4 Å². The van der Waals surface area contributed by atoms with Crippen LogP contribution >= 0.6 is 11.3 Å². The van der Waals surface area contributed by atoms with Crippen LogP contribution in [0.2, 0.25) is 0 Å². The maximum atomic E-state index is 12.5. The number of H-pyrrole nitrogens is 1. The molecule has 21 heavy (non-hydrogen) atoms. The summed E-state index contributed by atoms with van der Waals surface area (Å²) in [4.78, 5) is 17.9. The fraction of sp³-hybridized carbons (Fsp3) is 0.0667. The average Bonchev–Trinajstić information content (AvgIpc) is 3.03. The number of hydrogen-bond acceptors (Lipinski definition) is 4. The first-order valence-electron chi connectivity index (χ1n) is 6.41.